The van der Waals surface area contributed by atoms with Gasteiger partial charge in [-0.05, 0) is 36.8 Å². The fraction of sp³-hybridized carbons (Fsp3) is 0.0667. The number of thiocarbonyl (C=S) groups is 1. The van der Waals surface area contributed by atoms with E-state index in [1.165, 1.54) is 18.2 Å². The molecule has 0 atom stereocenters. The second-order valence-electron chi connectivity index (χ2n) is 4.48. The van der Waals surface area contributed by atoms with E-state index in [9.17, 15) is 9.90 Å². The molecular formula is C15H13ClN2O2S. The van der Waals surface area contributed by atoms with Crippen LogP contribution in [-0.4, -0.2) is 16.0 Å². The number of nitrogens with two attached hydrogens (primary N) is 1. The zero-order valence-electron chi connectivity index (χ0n) is 11.2. The van der Waals surface area contributed by atoms with E-state index in [0.717, 1.165) is 5.56 Å². The molecular weight excluding hydrogens is 308 g/mol. The standard InChI is InChI=1S/C15H13ClN2O2S/c1-8-3-2-4-12(13(8)14(17)21)18-15(20)10-7-9(19)5-6-11(10)16/h2-7,19H,1H3,(H2,17,21)(H,18,20). The number of rotatable bonds is 3. The molecule has 0 radical (unpaired) electrons. The van der Waals surface area contributed by atoms with Gasteiger partial charge < -0.3 is 16.2 Å². The van der Waals surface area contributed by atoms with Crippen LogP contribution in [-0.2, 0) is 0 Å². The predicted octanol–water partition coefficient (Wildman–Crippen LogP) is 3.24. The Balaban J connectivity index is 2.39. The van der Waals surface area contributed by atoms with Crippen molar-refractivity contribution in [1.29, 1.82) is 0 Å². The summed E-state index contributed by atoms with van der Waals surface area (Å²) in [6, 6.07) is 9.51. The SMILES string of the molecule is Cc1cccc(NC(=O)c2cc(O)ccc2Cl)c1C(N)=S. The molecule has 0 saturated carbocycles. The minimum absolute atomic E-state index is 0.0386. The highest BCUT2D eigenvalue weighted by molar-refractivity contribution is 7.80. The lowest BCUT2D eigenvalue weighted by Gasteiger charge is -2.13. The maximum absolute atomic E-state index is 12.3. The predicted molar refractivity (Wildman–Crippen MR) is 88.1 cm³/mol. The van der Waals surface area contributed by atoms with Gasteiger partial charge in [-0.1, -0.05) is 36.0 Å². The van der Waals surface area contributed by atoms with Gasteiger partial charge in [-0.3, -0.25) is 4.79 Å². The van der Waals surface area contributed by atoms with E-state index in [4.69, 9.17) is 29.6 Å². The van der Waals surface area contributed by atoms with E-state index in [-0.39, 0.29) is 21.3 Å². The summed E-state index contributed by atoms with van der Waals surface area (Å²) in [6.45, 7) is 1.85. The van der Waals surface area contributed by atoms with Gasteiger partial charge >= 0.3 is 0 Å². The highest BCUT2D eigenvalue weighted by Crippen LogP contribution is 2.24. The summed E-state index contributed by atoms with van der Waals surface area (Å²) in [5, 5.41) is 12.4. The van der Waals surface area contributed by atoms with Crippen LogP contribution in [0.1, 0.15) is 21.5 Å². The molecule has 0 fully saturated rings. The highest BCUT2D eigenvalue weighted by Gasteiger charge is 2.15. The number of hydrogen-bond donors (Lipinski definition) is 3. The minimum atomic E-state index is -0.445. The van der Waals surface area contributed by atoms with Crippen LogP contribution in [0.15, 0.2) is 36.4 Å². The number of aryl methyl sites for hydroxylation is 1. The number of anilines is 1. The Morgan fingerprint density at radius 2 is 2.05 bits per heavy atom. The van der Waals surface area contributed by atoms with Gasteiger partial charge in [0.25, 0.3) is 5.91 Å². The van der Waals surface area contributed by atoms with E-state index < -0.39 is 5.91 Å². The number of amides is 1. The van der Waals surface area contributed by atoms with Gasteiger partial charge in [0.2, 0.25) is 0 Å². The Bertz CT molecular complexity index is 732. The Kier molecular flexibility index (Phi) is 4.45. The van der Waals surface area contributed by atoms with Crippen LogP contribution in [0.5, 0.6) is 5.75 Å². The van der Waals surface area contributed by atoms with Crippen LogP contribution in [0, 0.1) is 6.92 Å². The van der Waals surface area contributed by atoms with Crippen LogP contribution < -0.4 is 11.1 Å². The van der Waals surface area contributed by atoms with Crippen molar-refractivity contribution in [3.05, 3.63) is 58.1 Å². The largest absolute Gasteiger partial charge is 0.508 e. The molecule has 1 amide bonds. The molecule has 2 rings (SSSR count). The van der Waals surface area contributed by atoms with Crippen LogP contribution in [0.25, 0.3) is 0 Å². The number of hydrogen-bond acceptors (Lipinski definition) is 3. The molecule has 0 aliphatic heterocycles. The molecule has 21 heavy (non-hydrogen) atoms. The molecule has 0 spiro atoms. The molecule has 2 aromatic rings. The molecule has 0 bridgehead atoms. The van der Waals surface area contributed by atoms with Crippen molar-refractivity contribution in [1.82, 2.24) is 0 Å². The molecule has 0 heterocycles. The second-order valence-corrected chi connectivity index (χ2v) is 5.33. The van der Waals surface area contributed by atoms with Crippen LogP contribution in [0.4, 0.5) is 5.69 Å². The Hall–Kier alpha value is -2.11. The number of halogens is 1. The van der Waals surface area contributed by atoms with E-state index >= 15 is 0 Å². The van der Waals surface area contributed by atoms with Crippen molar-refractivity contribution >= 4 is 40.4 Å². The molecule has 0 aliphatic rings. The van der Waals surface area contributed by atoms with E-state index in [0.29, 0.717) is 11.3 Å². The zero-order chi connectivity index (χ0) is 15.6. The first-order chi connectivity index (χ1) is 9.90. The number of carbonyl (C=O) groups excluding carboxylic acids is 1. The number of phenols is 1. The molecule has 4 N–H and O–H groups in total. The summed E-state index contributed by atoms with van der Waals surface area (Å²) in [5.74, 6) is -0.484. The number of phenolic OH excluding ortho intramolecular Hbond substituents is 1. The monoisotopic (exact) mass is 320 g/mol. The van der Waals surface area contributed by atoms with Gasteiger partial charge in [0, 0.05) is 5.56 Å². The molecule has 0 saturated heterocycles. The zero-order valence-corrected chi connectivity index (χ0v) is 12.8. The van der Waals surface area contributed by atoms with Gasteiger partial charge in [0.1, 0.15) is 10.7 Å². The average molecular weight is 321 g/mol. The third-order valence-corrected chi connectivity index (χ3v) is 3.50. The van der Waals surface area contributed by atoms with Crippen LogP contribution in [0.2, 0.25) is 5.02 Å². The topological polar surface area (TPSA) is 75.3 Å². The van der Waals surface area contributed by atoms with E-state index in [1.807, 2.05) is 13.0 Å². The van der Waals surface area contributed by atoms with Crippen molar-refractivity contribution in [3.8, 4) is 5.75 Å². The van der Waals surface area contributed by atoms with Gasteiger partial charge in [-0.2, -0.15) is 0 Å². The molecule has 0 aromatic heterocycles. The lowest BCUT2D eigenvalue weighted by atomic mass is 10.1. The van der Waals surface area contributed by atoms with Crippen LogP contribution >= 0.6 is 23.8 Å². The maximum atomic E-state index is 12.3. The van der Waals surface area contributed by atoms with Gasteiger partial charge in [-0.25, -0.2) is 0 Å². The summed E-state index contributed by atoms with van der Waals surface area (Å²) < 4.78 is 0. The van der Waals surface area contributed by atoms with Crippen molar-refractivity contribution in [2.45, 2.75) is 6.92 Å². The normalized spacial score (nSPS) is 10.2. The van der Waals surface area contributed by atoms with Gasteiger partial charge in [-0.15, -0.1) is 0 Å². The highest BCUT2D eigenvalue weighted by atomic mass is 35.5. The Morgan fingerprint density at radius 3 is 2.71 bits per heavy atom. The van der Waals surface area contributed by atoms with Crippen molar-refractivity contribution in [3.63, 3.8) is 0 Å². The van der Waals surface area contributed by atoms with Crippen molar-refractivity contribution < 1.29 is 9.90 Å². The molecule has 0 unspecified atom stereocenters. The Morgan fingerprint density at radius 1 is 1.33 bits per heavy atom. The third-order valence-electron chi connectivity index (χ3n) is 2.96. The van der Waals surface area contributed by atoms with E-state index in [2.05, 4.69) is 5.32 Å². The quantitative estimate of drug-likeness (QED) is 0.759. The number of aromatic hydroxyl groups is 1. The second kappa shape index (κ2) is 6.11. The smallest absolute Gasteiger partial charge is 0.257 e. The Labute approximate surface area is 132 Å². The lowest BCUT2D eigenvalue weighted by Crippen LogP contribution is -2.19. The fourth-order valence-electron chi connectivity index (χ4n) is 1.98. The first-order valence-electron chi connectivity index (χ1n) is 6.09. The number of benzene rings is 2. The summed E-state index contributed by atoms with van der Waals surface area (Å²) in [6.07, 6.45) is 0. The van der Waals surface area contributed by atoms with Crippen LogP contribution in [0.3, 0.4) is 0 Å². The molecule has 6 heteroatoms. The van der Waals surface area contributed by atoms with Gasteiger partial charge in [0.05, 0.1) is 16.3 Å². The molecule has 2 aromatic carbocycles. The minimum Gasteiger partial charge on any atom is -0.508 e. The summed E-state index contributed by atoms with van der Waals surface area (Å²) in [7, 11) is 0. The fourth-order valence-corrected chi connectivity index (χ4v) is 2.45. The number of carbonyl (C=O) groups is 1. The van der Waals surface area contributed by atoms with E-state index in [1.54, 1.807) is 12.1 Å². The van der Waals surface area contributed by atoms with Crippen molar-refractivity contribution in [2.24, 2.45) is 5.73 Å². The van der Waals surface area contributed by atoms with Crippen molar-refractivity contribution in [2.75, 3.05) is 5.32 Å². The number of nitrogens with one attached hydrogen (secondary N) is 1. The summed E-state index contributed by atoms with van der Waals surface area (Å²) >= 11 is 11.0. The average Bonchev–Trinajstić information content (AvgIpc) is 2.41. The summed E-state index contributed by atoms with van der Waals surface area (Å²) in [4.78, 5) is 12.5. The lowest BCUT2D eigenvalue weighted by molar-refractivity contribution is 0.102. The van der Waals surface area contributed by atoms with Gasteiger partial charge in [0.15, 0.2) is 0 Å². The third kappa shape index (κ3) is 3.32. The molecule has 4 nitrogen and oxygen atoms in total. The molecule has 0 aliphatic carbocycles. The first-order valence-corrected chi connectivity index (χ1v) is 6.88. The molecule has 108 valence electrons. The first kappa shape index (κ1) is 15.3. The maximum Gasteiger partial charge on any atom is 0.257 e. The summed E-state index contributed by atoms with van der Waals surface area (Å²) in [5.41, 5.74) is 7.85.